The highest BCUT2D eigenvalue weighted by Gasteiger charge is 2.03. The van der Waals surface area contributed by atoms with Crippen LogP contribution in [0.3, 0.4) is 0 Å². The molecule has 24 heavy (non-hydrogen) atoms. The molecule has 2 rings (SSSR count). The predicted octanol–water partition coefficient (Wildman–Crippen LogP) is 3.72. The summed E-state index contributed by atoms with van der Waals surface area (Å²) < 4.78 is 6.44. The lowest BCUT2D eigenvalue weighted by atomic mass is 10.2. The van der Waals surface area contributed by atoms with Gasteiger partial charge in [0, 0.05) is 15.7 Å². The molecule has 0 fully saturated rings. The molecule has 0 spiro atoms. The lowest BCUT2D eigenvalue weighted by molar-refractivity contribution is -0.119. The van der Waals surface area contributed by atoms with E-state index < -0.39 is 0 Å². The third-order valence-electron chi connectivity index (χ3n) is 3.17. The molecule has 0 saturated heterocycles. The van der Waals surface area contributed by atoms with E-state index in [2.05, 4.69) is 31.8 Å². The van der Waals surface area contributed by atoms with Crippen molar-refractivity contribution in [3.05, 3.63) is 58.1 Å². The van der Waals surface area contributed by atoms with Crippen LogP contribution in [-0.2, 0) is 4.79 Å². The number of nitrogens with zero attached hydrogens (tertiary/aromatic N) is 1. The summed E-state index contributed by atoms with van der Waals surface area (Å²) in [5.74, 6) is 0.497. The third-order valence-corrected chi connectivity index (χ3v) is 3.66. The SMILES string of the molecule is CCOc1ccc(Br)cc1/C=N\NC(=O)CNc1ccc(C)cc1. The molecular weight excluding hydrogens is 370 g/mol. The number of hydrogen-bond donors (Lipinski definition) is 2. The number of anilines is 1. The summed E-state index contributed by atoms with van der Waals surface area (Å²) in [6.45, 7) is 4.65. The van der Waals surface area contributed by atoms with Gasteiger partial charge in [0.05, 0.1) is 19.4 Å². The zero-order valence-corrected chi connectivity index (χ0v) is 15.3. The molecule has 5 nitrogen and oxygen atoms in total. The molecule has 0 aliphatic rings. The highest BCUT2D eigenvalue weighted by atomic mass is 79.9. The van der Waals surface area contributed by atoms with E-state index in [-0.39, 0.29) is 12.5 Å². The smallest absolute Gasteiger partial charge is 0.259 e. The minimum atomic E-state index is -0.222. The van der Waals surface area contributed by atoms with Crippen LogP contribution < -0.4 is 15.5 Å². The zero-order chi connectivity index (χ0) is 17.4. The number of nitrogens with one attached hydrogen (secondary N) is 2. The Morgan fingerprint density at radius 3 is 2.71 bits per heavy atom. The van der Waals surface area contributed by atoms with E-state index in [1.165, 1.54) is 5.56 Å². The second-order valence-corrected chi connectivity index (χ2v) is 6.04. The van der Waals surface area contributed by atoms with Crippen molar-refractivity contribution < 1.29 is 9.53 Å². The van der Waals surface area contributed by atoms with Gasteiger partial charge >= 0.3 is 0 Å². The second kappa shape index (κ2) is 9.08. The molecule has 0 aromatic heterocycles. The van der Waals surface area contributed by atoms with Crippen LogP contribution in [0.25, 0.3) is 0 Å². The molecule has 0 radical (unpaired) electrons. The molecule has 1 amide bonds. The number of ether oxygens (including phenoxy) is 1. The number of halogens is 1. The van der Waals surface area contributed by atoms with Crippen LogP contribution in [0.4, 0.5) is 5.69 Å². The number of carbonyl (C=O) groups is 1. The molecule has 6 heteroatoms. The van der Waals surface area contributed by atoms with Crippen molar-refractivity contribution in [1.29, 1.82) is 0 Å². The number of aryl methyl sites for hydroxylation is 1. The minimum Gasteiger partial charge on any atom is -0.493 e. The van der Waals surface area contributed by atoms with Crippen molar-refractivity contribution in [2.24, 2.45) is 5.10 Å². The predicted molar refractivity (Wildman–Crippen MR) is 101 cm³/mol. The van der Waals surface area contributed by atoms with Gasteiger partial charge in [-0.1, -0.05) is 33.6 Å². The Hall–Kier alpha value is -2.34. The summed E-state index contributed by atoms with van der Waals surface area (Å²) in [6.07, 6.45) is 1.57. The Bertz CT molecular complexity index is 715. The summed E-state index contributed by atoms with van der Waals surface area (Å²) in [7, 11) is 0. The number of benzene rings is 2. The van der Waals surface area contributed by atoms with Crippen LogP contribution >= 0.6 is 15.9 Å². The maximum absolute atomic E-state index is 11.8. The monoisotopic (exact) mass is 389 g/mol. The molecule has 2 aromatic carbocycles. The molecule has 0 aliphatic carbocycles. The van der Waals surface area contributed by atoms with E-state index in [0.717, 1.165) is 21.5 Å². The molecular formula is C18H20BrN3O2. The van der Waals surface area contributed by atoms with E-state index in [9.17, 15) is 4.79 Å². The van der Waals surface area contributed by atoms with Gasteiger partial charge in [0.2, 0.25) is 0 Å². The first kappa shape index (κ1) is 18.0. The van der Waals surface area contributed by atoms with Gasteiger partial charge in [-0.25, -0.2) is 5.43 Å². The van der Waals surface area contributed by atoms with Crippen molar-refractivity contribution in [2.45, 2.75) is 13.8 Å². The maximum atomic E-state index is 11.8. The summed E-state index contributed by atoms with van der Waals surface area (Å²) in [4.78, 5) is 11.8. The van der Waals surface area contributed by atoms with E-state index in [1.54, 1.807) is 6.21 Å². The van der Waals surface area contributed by atoms with Gasteiger partial charge in [0.25, 0.3) is 5.91 Å². The normalized spacial score (nSPS) is 10.6. The first-order chi connectivity index (χ1) is 11.6. The van der Waals surface area contributed by atoms with E-state index >= 15 is 0 Å². The van der Waals surface area contributed by atoms with Crippen LogP contribution in [-0.4, -0.2) is 25.3 Å². The lowest BCUT2D eigenvalue weighted by Crippen LogP contribution is -2.25. The molecule has 0 saturated carbocycles. The summed E-state index contributed by atoms with van der Waals surface area (Å²) in [6, 6.07) is 13.5. The summed E-state index contributed by atoms with van der Waals surface area (Å²) in [5.41, 5.74) is 5.36. The van der Waals surface area contributed by atoms with E-state index in [1.807, 2.05) is 56.3 Å². The number of hydrazone groups is 1. The van der Waals surface area contributed by atoms with E-state index in [0.29, 0.717) is 6.61 Å². The van der Waals surface area contributed by atoms with Crippen molar-refractivity contribution in [1.82, 2.24) is 5.43 Å². The molecule has 126 valence electrons. The Morgan fingerprint density at radius 1 is 1.25 bits per heavy atom. The third kappa shape index (κ3) is 5.70. The number of rotatable bonds is 7. The summed E-state index contributed by atoms with van der Waals surface area (Å²) >= 11 is 3.41. The van der Waals surface area contributed by atoms with E-state index in [4.69, 9.17) is 4.74 Å². The fraction of sp³-hybridized carbons (Fsp3) is 0.222. The Balaban J connectivity index is 1.88. The maximum Gasteiger partial charge on any atom is 0.259 e. The lowest BCUT2D eigenvalue weighted by Gasteiger charge is -2.07. The van der Waals surface area contributed by atoms with Crippen LogP contribution in [0, 0.1) is 6.92 Å². The standard InChI is InChI=1S/C18H20BrN3O2/c1-3-24-17-9-6-15(19)10-14(17)11-21-22-18(23)12-20-16-7-4-13(2)5-8-16/h4-11,20H,3,12H2,1-2H3,(H,22,23)/b21-11-. The molecule has 2 N–H and O–H groups in total. The first-order valence-electron chi connectivity index (χ1n) is 7.63. The quantitative estimate of drug-likeness (QED) is 0.560. The van der Waals surface area contributed by atoms with Crippen LogP contribution in [0.15, 0.2) is 52.0 Å². The fourth-order valence-electron chi connectivity index (χ4n) is 1.97. The van der Waals surface area contributed by atoms with Gasteiger partial charge in [0.15, 0.2) is 0 Å². The fourth-order valence-corrected chi connectivity index (χ4v) is 2.35. The van der Waals surface area contributed by atoms with Crippen molar-refractivity contribution in [2.75, 3.05) is 18.5 Å². The van der Waals surface area contributed by atoms with Crippen molar-refractivity contribution in [3.8, 4) is 5.75 Å². The van der Waals surface area contributed by atoms with Gasteiger partial charge in [0.1, 0.15) is 5.75 Å². The van der Waals surface area contributed by atoms with Crippen LogP contribution in [0.2, 0.25) is 0 Å². The molecule has 0 bridgehead atoms. The number of amides is 1. The first-order valence-corrected chi connectivity index (χ1v) is 8.42. The molecule has 0 aliphatic heterocycles. The zero-order valence-electron chi connectivity index (χ0n) is 13.7. The van der Waals surface area contributed by atoms with Crippen molar-refractivity contribution in [3.63, 3.8) is 0 Å². The number of carbonyl (C=O) groups excluding carboxylic acids is 1. The van der Waals surface area contributed by atoms with Crippen molar-refractivity contribution >= 4 is 33.7 Å². The summed E-state index contributed by atoms with van der Waals surface area (Å²) in [5, 5.41) is 7.03. The van der Waals surface area contributed by atoms with Gasteiger partial charge in [-0.3, -0.25) is 4.79 Å². The largest absolute Gasteiger partial charge is 0.493 e. The average Bonchev–Trinajstić information content (AvgIpc) is 2.57. The van der Waals surface area contributed by atoms with Gasteiger partial charge in [-0.05, 0) is 44.2 Å². The Labute approximate surface area is 150 Å². The highest BCUT2D eigenvalue weighted by molar-refractivity contribution is 9.10. The highest BCUT2D eigenvalue weighted by Crippen LogP contribution is 2.21. The Morgan fingerprint density at radius 2 is 2.00 bits per heavy atom. The molecule has 2 aromatic rings. The minimum absolute atomic E-state index is 0.150. The average molecular weight is 390 g/mol. The van der Waals surface area contributed by atoms with Crippen LogP contribution in [0.5, 0.6) is 5.75 Å². The molecule has 0 unspecified atom stereocenters. The molecule has 0 atom stereocenters. The second-order valence-electron chi connectivity index (χ2n) is 5.13. The Kier molecular flexibility index (Phi) is 6.81. The van der Waals surface area contributed by atoms with Gasteiger partial charge in [-0.2, -0.15) is 5.10 Å². The molecule has 0 heterocycles. The van der Waals surface area contributed by atoms with Crippen LogP contribution in [0.1, 0.15) is 18.1 Å². The number of hydrogen-bond acceptors (Lipinski definition) is 4. The van der Waals surface area contributed by atoms with Gasteiger partial charge in [-0.15, -0.1) is 0 Å². The van der Waals surface area contributed by atoms with Gasteiger partial charge < -0.3 is 10.1 Å². The topological polar surface area (TPSA) is 62.7 Å².